The average Bonchev–Trinajstić information content (AvgIpc) is 2.27. The molecule has 0 radical (unpaired) electrons. The average molecular weight is 220 g/mol. The first-order valence-electron chi connectivity index (χ1n) is 5.41. The predicted molar refractivity (Wildman–Crippen MR) is 62.9 cm³/mol. The number of phenols is 1. The topological polar surface area (TPSA) is 43.8 Å². The van der Waals surface area contributed by atoms with E-state index in [4.69, 9.17) is 0 Å². The number of phenolic OH excluding ortho intramolecular Hbond substituents is 1. The summed E-state index contributed by atoms with van der Waals surface area (Å²) in [6.45, 7) is 0.668. The van der Waals surface area contributed by atoms with Crippen LogP contribution in [0.5, 0.6) is 5.75 Å². The Morgan fingerprint density at radius 2 is 2.19 bits per heavy atom. The monoisotopic (exact) mass is 220 g/mol. The summed E-state index contributed by atoms with van der Waals surface area (Å²) in [5.74, 6) is 0.187. The van der Waals surface area contributed by atoms with Gasteiger partial charge in [0, 0.05) is 20.6 Å². The standard InChI is InChI=1S/C12H16N2O2/c1-13(2)12(16)14-8-4-6-9-5-3-7-10(15)11(9)14/h3,5,7,15H,4,6,8H2,1-2H3. The molecule has 1 aliphatic heterocycles. The largest absolute Gasteiger partial charge is 0.506 e. The minimum absolute atomic E-state index is 0.0811. The van der Waals surface area contributed by atoms with E-state index in [1.165, 1.54) is 4.90 Å². The molecule has 0 fully saturated rings. The first kappa shape index (κ1) is 10.8. The lowest BCUT2D eigenvalue weighted by atomic mass is 10.0. The molecule has 2 rings (SSSR count). The minimum atomic E-state index is -0.0811. The van der Waals surface area contributed by atoms with Gasteiger partial charge in [0.1, 0.15) is 5.75 Å². The van der Waals surface area contributed by atoms with Gasteiger partial charge < -0.3 is 10.0 Å². The number of hydrogen-bond acceptors (Lipinski definition) is 2. The van der Waals surface area contributed by atoms with E-state index in [1.807, 2.05) is 12.1 Å². The number of hydrogen-bond donors (Lipinski definition) is 1. The SMILES string of the molecule is CN(C)C(=O)N1CCCc2cccc(O)c21. The number of rotatable bonds is 0. The third-order valence-electron chi connectivity index (χ3n) is 2.81. The molecule has 1 N–H and O–H groups in total. The van der Waals surface area contributed by atoms with Crippen molar-refractivity contribution in [3.63, 3.8) is 0 Å². The highest BCUT2D eigenvalue weighted by Crippen LogP contribution is 2.35. The number of carbonyl (C=O) groups is 1. The number of aromatic hydroxyl groups is 1. The Morgan fingerprint density at radius 3 is 2.88 bits per heavy atom. The summed E-state index contributed by atoms with van der Waals surface area (Å²) in [7, 11) is 3.44. The molecule has 2 amide bonds. The molecule has 0 unspecified atom stereocenters. The second-order valence-corrected chi connectivity index (χ2v) is 4.22. The predicted octanol–water partition coefficient (Wildman–Crippen LogP) is 1.83. The summed E-state index contributed by atoms with van der Waals surface area (Å²) in [6.07, 6.45) is 1.86. The van der Waals surface area contributed by atoms with E-state index in [0.29, 0.717) is 12.2 Å². The summed E-state index contributed by atoms with van der Waals surface area (Å²) < 4.78 is 0. The van der Waals surface area contributed by atoms with Crippen LogP contribution in [-0.4, -0.2) is 36.7 Å². The van der Waals surface area contributed by atoms with Crippen molar-refractivity contribution >= 4 is 11.7 Å². The highest BCUT2D eigenvalue weighted by Gasteiger charge is 2.26. The summed E-state index contributed by atoms with van der Waals surface area (Å²) in [5, 5.41) is 9.85. The highest BCUT2D eigenvalue weighted by atomic mass is 16.3. The number of fused-ring (bicyclic) bond motifs is 1. The Morgan fingerprint density at radius 1 is 1.44 bits per heavy atom. The Kier molecular flexibility index (Phi) is 2.73. The highest BCUT2D eigenvalue weighted by molar-refractivity contribution is 5.94. The number of carbonyl (C=O) groups excluding carboxylic acids is 1. The number of nitrogens with zero attached hydrogens (tertiary/aromatic N) is 2. The normalized spacial score (nSPS) is 14.5. The summed E-state index contributed by atoms with van der Waals surface area (Å²) in [5.41, 5.74) is 1.72. The molecule has 86 valence electrons. The molecule has 0 bridgehead atoms. The van der Waals surface area contributed by atoms with E-state index in [1.54, 1.807) is 25.1 Å². The fourth-order valence-corrected chi connectivity index (χ4v) is 2.06. The molecule has 0 aromatic heterocycles. The summed E-state index contributed by atoms with van der Waals surface area (Å²) >= 11 is 0. The van der Waals surface area contributed by atoms with Crippen molar-refractivity contribution in [3.05, 3.63) is 23.8 Å². The maximum absolute atomic E-state index is 12.0. The zero-order chi connectivity index (χ0) is 11.7. The fourth-order valence-electron chi connectivity index (χ4n) is 2.06. The van der Waals surface area contributed by atoms with Crippen LogP contribution < -0.4 is 4.90 Å². The molecule has 0 saturated carbocycles. The van der Waals surface area contributed by atoms with Crippen molar-refractivity contribution in [3.8, 4) is 5.75 Å². The van der Waals surface area contributed by atoms with Gasteiger partial charge in [-0.25, -0.2) is 4.79 Å². The molecule has 1 aliphatic rings. The quantitative estimate of drug-likeness (QED) is 0.724. The lowest BCUT2D eigenvalue weighted by Crippen LogP contribution is -2.42. The van der Waals surface area contributed by atoms with E-state index < -0.39 is 0 Å². The van der Waals surface area contributed by atoms with Crippen LogP contribution >= 0.6 is 0 Å². The molecule has 1 heterocycles. The maximum Gasteiger partial charge on any atom is 0.324 e. The van der Waals surface area contributed by atoms with Crippen molar-refractivity contribution in [1.29, 1.82) is 0 Å². The van der Waals surface area contributed by atoms with Gasteiger partial charge in [-0.2, -0.15) is 0 Å². The van der Waals surface area contributed by atoms with E-state index in [9.17, 15) is 9.90 Å². The molecule has 4 nitrogen and oxygen atoms in total. The van der Waals surface area contributed by atoms with Crippen LogP contribution in [0.3, 0.4) is 0 Å². The molecule has 0 aliphatic carbocycles. The Labute approximate surface area is 95.1 Å². The Bertz CT molecular complexity index is 415. The van der Waals surface area contributed by atoms with Crippen molar-refractivity contribution in [2.75, 3.05) is 25.5 Å². The molecule has 0 saturated heterocycles. The second kappa shape index (κ2) is 4.04. The van der Waals surface area contributed by atoms with Gasteiger partial charge in [0.25, 0.3) is 0 Å². The molecule has 0 atom stereocenters. The summed E-state index contributed by atoms with van der Waals surface area (Å²) in [4.78, 5) is 15.1. The number of urea groups is 1. The molecule has 16 heavy (non-hydrogen) atoms. The van der Waals surface area contributed by atoms with Crippen molar-refractivity contribution in [2.24, 2.45) is 0 Å². The number of amides is 2. The van der Waals surface area contributed by atoms with Gasteiger partial charge in [-0.05, 0) is 24.5 Å². The van der Waals surface area contributed by atoms with Crippen LogP contribution in [0, 0.1) is 0 Å². The Balaban J connectivity index is 2.43. The lowest BCUT2D eigenvalue weighted by molar-refractivity contribution is 0.223. The van der Waals surface area contributed by atoms with Crippen molar-refractivity contribution < 1.29 is 9.90 Å². The van der Waals surface area contributed by atoms with Crippen molar-refractivity contribution in [2.45, 2.75) is 12.8 Å². The molecular formula is C12H16N2O2. The summed E-state index contributed by atoms with van der Waals surface area (Å²) in [6, 6.07) is 5.32. The van der Waals surface area contributed by atoms with Crippen LogP contribution in [0.2, 0.25) is 0 Å². The van der Waals surface area contributed by atoms with Gasteiger partial charge in [-0.15, -0.1) is 0 Å². The Hall–Kier alpha value is -1.71. The van der Waals surface area contributed by atoms with E-state index >= 15 is 0 Å². The first-order chi connectivity index (χ1) is 7.61. The molecule has 1 aromatic carbocycles. The van der Waals surface area contributed by atoms with E-state index in [2.05, 4.69) is 0 Å². The van der Waals surface area contributed by atoms with Gasteiger partial charge in [0.2, 0.25) is 0 Å². The van der Waals surface area contributed by atoms with Gasteiger partial charge in [0.15, 0.2) is 0 Å². The molecule has 1 aromatic rings. The number of para-hydroxylation sites is 1. The number of aryl methyl sites for hydroxylation is 1. The minimum Gasteiger partial charge on any atom is -0.506 e. The smallest absolute Gasteiger partial charge is 0.324 e. The van der Waals surface area contributed by atoms with Crippen molar-refractivity contribution in [1.82, 2.24) is 4.90 Å². The van der Waals surface area contributed by atoms with E-state index in [0.717, 1.165) is 18.4 Å². The number of anilines is 1. The zero-order valence-corrected chi connectivity index (χ0v) is 9.60. The van der Waals surface area contributed by atoms with Crippen LogP contribution in [0.25, 0.3) is 0 Å². The second-order valence-electron chi connectivity index (χ2n) is 4.22. The van der Waals surface area contributed by atoms with Gasteiger partial charge in [0.05, 0.1) is 5.69 Å². The number of benzene rings is 1. The van der Waals surface area contributed by atoms with Crippen LogP contribution in [-0.2, 0) is 6.42 Å². The fraction of sp³-hybridized carbons (Fsp3) is 0.417. The lowest BCUT2D eigenvalue weighted by Gasteiger charge is -2.31. The van der Waals surface area contributed by atoms with Gasteiger partial charge in [-0.1, -0.05) is 12.1 Å². The van der Waals surface area contributed by atoms with Gasteiger partial charge in [-0.3, -0.25) is 4.90 Å². The van der Waals surface area contributed by atoms with Crippen LogP contribution in [0.15, 0.2) is 18.2 Å². The third-order valence-corrected chi connectivity index (χ3v) is 2.81. The molecule has 0 spiro atoms. The third kappa shape index (κ3) is 1.71. The molecular weight excluding hydrogens is 204 g/mol. The maximum atomic E-state index is 12.0. The van der Waals surface area contributed by atoms with Crippen LogP contribution in [0.1, 0.15) is 12.0 Å². The van der Waals surface area contributed by atoms with Gasteiger partial charge >= 0.3 is 6.03 Å². The van der Waals surface area contributed by atoms with E-state index in [-0.39, 0.29) is 11.8 Å². The van der Waals surface area contributed by atoms with Crippen LogP contribution in [0.4, 0.5) is 10.5 Å². The first-order valence-corrected chi connectivity index (χ1v) is 5.41. The zero-order valence-electron chi connectivity index (χ0n) is 9.60. The molecule has 4 heteroatoms.